The van der Waals surface area contributed by atoms with Gasteiger partial charge in [0.25, 0.3) is 0 Å². The van der Waals surface area contributed by atoms with Gasteiger partial charge in [-0.2, -0.15) is 0 Å². The third-order valence-electron chi connectivity index (χ3n) is 2.76. The minimum absolute atomic E-state index is 0.0298. The number of esters is 1. The fourth-order valence-corrected chi connectivity index (χ4v) is 1.78. The van der Waals surface area contributed by atoms with Gasteiger partial charge in [-0.15, -0.1) is 0 Å². The second kappa shape index (κ2) is 5.48. The van der Waals surface area contributed by atoms with E-state index in [1.54, 1.807) is 36.4 Å². The summed E-state index contributed by atoms with van der Waals surface area (Å²) < 4.78 is 16.1. The molecule has 0 radical (unpaired) electrons. The first-order chi connectivity index (χ1) is 9.83. The fraction of sp³-hybridized carbons (Fsp3) is 0.0625. The standard InChI is InChI=1S/C16H12O4/c17-16(12-6-2-1-3-7-12)19-11-13-10-18-14-8-4-5-9-15(14)20-13/h1-10H,11H2. The summed E-state index contributed by atoms with van der Waals surface area (Å²) in [6.45, 7) is 0.0298. The lowest BCUT2D eigenvalue weighted by molar-refractivity contribution is 0.0499. The molecule has 0 saturated heterocycles. The normalized spacial score (nSPS) is 12.5. The molecule has 0 atom stereocenters. The minimum Gasteiger partial charge on any atom is -0.457 e. The molecule has 0 aromatic heterocycles. The van der Waals surface area contributed by atoms with Gasteiger partial charge in [0.1, 0.15) is 6.26 Å². The molecule has 0 saturated carbocycles. The van der Waals surface area contributed by atoms with Crippen molar-refractivity contribution in [2.45, 2.75) is 0 Å². The first-order valence-corrected chi connectivity index (χ1v) is 6.18. The van der Waals surface area contributed by atoms with Crippen LogP contribution >= 0.6 is 0 Å². The van der Waals surface area contributed by atoms with Crippen LogP contribution in [0, 0.1) is 0 Å². The zero-order valence-electron chi connectivity index (χ0n) is 10.6. The molecule has 2 aromatic rings. The molecule has 1 aliphatic heterocycles. The van der Waals surface area contributed by atoms with Crippen LogP contribution in [-0.2, 0) is 4.74 Å². The van der Waals surface area contributed by atoms with Crippen LogP contribution in [0.2, 0.25) is 0 Å². The maximum Gasteiger partial charge on any atom is 0.338 e. The lowest BCUT2D eigenvalue weighted by atomic mass is 10.2. The van der Waals surface area contributed by atoms with Gasteiger partial charge >= 0.3 is 5.97 Å². The summed E-state index contributed by atoms with van der Waals surface area (Å²) in [5.74, 6) is 1.31. The second-order valence-electron chi connectivity index (χ2n) is 4.19. The largest absolute Gasteiger partial charge is 0.457 e. The van der Waals surface area contributed by atoms with Crippen molar-refractivity contribution in [3.8, 4) is 11.5 Å². The number of fused-ring (bicyclic) bond motifs is 1. The lowest BCUT2D eigenvalue weighted by Crippen LogP contribution is -2.14. The summed E-state index contributed by atoms with van der Waals surface area (Å²) in [4.78, 5) is 11.8. The molecule has 0 unspecified atom stereocenters. The Kier molecular flexibility index (Phi) is 3.37. The van der Waals surface area contributed by atoms with Crippen LogP contribution in [0.25, 0.3) is 0 Å². The molecule has 0 spiro atoms. The number of rotatable bonds is 3. The molecule has 3 rings (SSSR count). The van der Waals surface area contributed by atoms with Gasteiger partial charge in [0.15, 0.2) is 23.9 Å². The van der Waals surface area contributed by atoms with Gasteiger partial charge in [-0.1, -0.05) is 30.3 Å². The summed E-state index contributed by atoms with van der Waals surface area (Å²) in [5.41, 5.74) is 0.505. The predicted octanol–water partition coefficient (Wildman–Crippen LogP) is 3.16. The van der Waals surface area contributed by atoms with E-state index in [0.29, 0.717) is 22.8 Å². The van der Waals surface area contributed by atoms with Crippen molar-refractivity contribution in [3.05, 3.63) is 72.2 Å². The summed E-state index contributed by atoms with van der Waals surface area (Å²) in [7, 11) is 0. The van der Waals surface area contributed by atoms with E-state index >= 15 is 0 Å². The van der Waals surface area contributed by atoms with E-state index in [2.05, 4.69) is 0 Å². The van der Waals surface area contributed by atoms with E-state index in [4.69, 9.17) is 14.2 Å². The van der Waals surface area contributed by atoms with Gasteiger partial charge in [0.05, 0.1) is 5.56 Å². The van der Waals surface area contributed by atoms with Gasteiger partial charge in [-0.25, -0.2) is 4.79 Å². The van der Waals surface area contributed by atoms with E-state index in [0.717, 1.165) is 0 Å². The summed E-state index contributed by atoms with van der Waals surface area (Å²) in [6.07, 6.45) is 1.45. The van der Waals surface area contributed by atoms with Crippen LogP contribution in [0.15, 0.2) is 66.6 Å². The molecule has 20 heavy (non-hydrogen) atoms. The quantitative estimate of drug-likeness (QED) is 0.802. The highest BCUT2D eigenvalue weighted by Gasteiger charge is 2.15. The Hall–Kier alpha value is -2.75. The molecule has 4 nitrogen and oxygen atoms in total. The summed E-state index contributed by atoms with van der Waals surface area (Å²) >= 11 is 0. The highest BCUT2D eigenvalue weighted by molar-refractivity contribution is 5.89. The smallest absolute Gasteiger partial charge is 0.338 e. The van der Waals surface area contributed by atoms with Crippen LogP contribution in [0.5, 0.6) is 11.5 Å². The van der Waals surface area contributed by atoms with E-state index in [-0.39, 0.29) is 6.61 Å². The zero-order chi connectivity index (χ0) is 13.8. The molecule has 0 amide bonds. The van der Waals surface area contributed by atoms with Gasteiger partial charge in [-0.3, -0.25) is 0 Å². The average molecular weight is 268 g/mol. The third-order valence-corrected chi connectivity index (χ3v) is 2.76. The molecule has 0 bridgehead atoms. The number of benzene rings is 2. The van der Waals surface area contributed by atoms with E-state index in [1.165, 1.54) is 6.26 Å². The Morgan fingerprint density at radius 1 is 0.950 bits per heavy atom. The number of carbonyl (C=O) groups is 1. The van der Waals surface area contributed by atoms with Crippen molar-refractivity contribution in [2.75, 3.05) is 6.61 Å². The number of carbonyl (C=O) groups excluding carboxylic acids is 1. The van der Waals surface area contributed by atoms with Gasteiger partial charge < -0.3 is 14.2 Å². The molecule has 1 aliphatic rings. The summed E-state index contributed by atoms with van der Waals surface area (Å²) in [5, 5.41) is 0. The molecule has 0 N–H and O–H groups in total. The Morgan fingerprint density at radius 3 is 2.45 bits per heavy atom. The van der Waals surface area contributed by atoms with Gasteiger partial charge in [-0.05, 0) is 24.3 Å². The van der Waals surface area contributed by atoms with Crippen LogP contribution in [-0.4, -0.2) is 12.6 Å². The Labute approximate surface area is 116 Å². The van der Waals surface area contributed by atoms with Crippen molar-refractivity contribution in [3.63, 3.8) is 0 Å². The van der Waals surface area contributed by atoms with Gasteiger partial charge in [0.2, 0.25) is 0 Å². The highest BCUT2D eigenvalue weighted by Crippen LogP contribution is 2.31. The van der Waals surface area contributed by atoms with E-state index in [1.807, 2.05) is 18.2 Å². The third kappa shape index (κ3) is 2.64. The first-order valence-electron chi connectivity index (χ1n) is 6.18. The topological polar surface area (TPSA) is 44.8 Å². The second-order valence-corrected chi connectivity index (χ2v) is 4.19. The van der Waals surface area contributed by atoms with Gasteiger partial charge in [0, 0.05) is 0 Å². The number of hydrogen-bond acceptors (Lipinski definition) is 4. The Bertz CT molecular complexity index is 647. The molecule has 4 heteroatoms. The minimum atomic E-state index is -0.394. The monoisotopic (exact) mass is 268 g/mol. The van der Waals surface area contributed by atoms with Crippen molar-refractivity contribution < 1.29 is 19.0 Å². The molecule has 1 heterocycles. The fourth-order valence-electron chi connectivity index (χ4n) is 1.78. The van der Waals surface area contributed by atoms with Crippen molar-refractivity contribution in [2.24, 2.45) is 0 Å². The van der Waals surface area contributed by atoms with Crippen molar-refractivity contribution >= 4 is 5.97 Å². The highest BCUT2D eigenvalue weighted by atomic mass is 16.6. The maximum atomic E-state index is 11.8. The molecule has 0 aliphatic carbocycles. The van der Waals surface area contributed by atoms with Crippen LogP contribution in [0.4, 0.5) is 0 Å². The Morgan fingerprint density at radius 2 is 1.65 bits per heavy atom. The zero-order valence-corrected chi connectivity index (χ0v) is 10.6. The molecule has 2 aromatic carbocycles. The van der Waals surface area contributed by atoms with Crippen LogP contribution < -0.4 is 9.47 Å². The van der Waals surface area contributed by atoms with Crippen LogP contribution in [0.3, 0.4) is 0 Å². The first kappa shape index (κ1) is 12.3. The van der Waals surface area contributed by atoms with Crippen LogP contribution in [0.1, 0.15) is 10.4 Å². The molecular weight excluding hydrogens is 256 g/mol. The maximum absolute atomic E-state index is 11.8. The number of ether oxygens (including phenoxy) is 3. The predicted molar refractivity (Wildman–Crippen MR) is 72.5 cm³/mol. The van der Waals surface area contributed by atoms with E-state index in [9.17, 15) is 4.79 Å². The van der Waals surface area contributed by atoms with Crippen molar-refractivity contribution in [1.29, 1.82) is 0 Å². The molecule has 0 fully saturated rings. The lowest BCUT2D eigenvalue weighted by Gasteiger charge is -2.17. The number of hydrogen-bond donors (Lipinski definition) is 0. The average Bonchev–Trinajstić information content (AvgIpc) is 2.53. The van der Waals surface area contributed by atoms with Crippen molar-refractivity contribution in [1.82, 2.24) is 0 Å². The summed E-state index contributed by atoms with van der Waals surface area (Å²) in [6, 6.07) is 16.1. The SMILES string of the molecule is O=C(OCC1=COc2ccccc2O1)c1ccccc1. The van der Waals surface area contributed by atoms with E-state index < -0.39 is 5.97 Å². The Balaban J connectivity index is 1.61. The molecular formula is C16H12O4. The number of para-hydroxylation sites is 2. The molecule has 100 valence electrons.